The van der Waals surface area contributed by atoms with Crippen molar-refractivity contribution < 1.29 is 23.2 Å². The van der Waals surface area contributed by atoms with Crippen molar-refractivity contribution in [3.05, 3.63) is 63.7 Å². The Hall–Kier alpha value is -3.31. The Labute approximate surface area is 173 Å². The van der Waals surface area contributed by atoms with Gasteiger partial charge in [0.15, 0.2) is 0 Å². The van der Waals surface area contributed by atoms with Crippen molar-refractivity contribution in [1.29, 1.82) is 0 Å². The molecule has 3 rings (SSSR count). The number of rotatable bonds is 6. The average molecular weight is 431 g/mol. The molecule has 0 aliphatic carbocycles. The molecule has 0 bridgehead atoms. The SMILES string of the molecule is O=C(N/N=C/c1cc([N+](=O)[O-])ccc1[O-])c1ccc(S(=O)(=O)N2CCCCC2)cc1. The number of benzene rings is 2. The Morgan fingerprint density at radius 1 is 1.10 bits per heavy atom. The highest BCUT2D eigenvalue weighted by Crippen LogP contribution is 2.21. The fourth-order valence-electron chi connectivity index (χ4n) is 3.01. The molecular formula is C19H19N4O6S-. The lowest BCUT2D eigenvalue weighted by molar-refractivity contribution is -0.385. The summed E-state index contributed by atoms with van der Waals surface area (Å²) in [4.78, 5) is 22.4. The smallest absolute Gasteiger partial charge is 0.271 e. The highest BCUT2D eigenvalue weighted by Gasteiger charge is 2.25. The summed E-state index contributed by atoms with van der Waals surface area (Å²) in [6.45, 7) is 0.970. The first-order chi connectivity index (χ1) is 14.3. The fraction of sp³-hybridized carbons (Fsp3) is 0.263. The molecule has 1 N–H and O–H groups in total. The van der Waals surface area contributed by atoms with Crippen LogP contribution in [0.3, 0.4) is 0 Å². The maximum absolute atomic E-state index is 12.6. The summed E-state index contributed by atoms with van der Waals surface area (Å²) in [5.41, 5.74) is 2.06. The van der Waals surface area contributed by atoms with Gasteiger partial charge < -0.3 is 5.11 Å². The minimum Gasteiger partial charge on any atom is -0.872 e. The predicted molar refractivity (Wildman–Crippen MR) is 107 cm³/mol. The molecule has 0 spiro atoms. The van der Waals surface area contributed by atoms with E-state index in [1.165, 1.54) is 28.6 Å². The average Bonchev–Trinajstić information content (AvgIpc) is 2.75. The Morgan fingerprint density at radius 3 is 2.40 bits per heavy atom. The number of hydrazone groups is 1. The number of carbonyl (C=O) groups is 1. The number of hydrogen-bond acceptors (Lipinski definition) is 7. The lowest BCUT2D eigenvalue weighted by Crippen LogP contribution is -2.35. The van der Waals surface area contributed by atoms with Gasteiger partial charge in [0.05, 0.1) is 16.0 Å². The lowest BCUT2D eigenvalue weighted by Gasteiger charge is -2.25. The number of piperidine rings is 1. The molecule has 0 saturated carbocycles. The van der Waals surface area contributed by atoms with Crippen molar-refractivity contribution >= 4 is 27.8 Å². The summed E-state index contributed by atoms with van der Waals surface area (Å²) in [7, 11) is -3.59. The number of amides is 1. The molecule has 0 radical (unpaired) electrons. The van der Waals surface area contributed by atoms with Crippen LogP contribution in [0, 0.1) is 10.1 Å². The molecule has 158 valence electrons. The third kappa shape index (κ3) is 4.81. The van der Waals surface area contributed by atoms with Crippen LogP contribution in [-0.4, -0.2) is 42.9 Å². The molecule has 0 atom stereocenters. The van der Waals surface area contributed by atoms with Gasteiger partial charge in [0.2, 0.25) is 10.0 Å². The standard InChI is InChI=1S/C19H20N4O6S/c24-18-9-6-16(23(26)27)12-15(18)13-20-21-19(25)14-4-7-17(8-5-14)30(28,29)22-10-2-1-3-11-22/h4-9,12-13,24H,1-3,10-11H2,(H,21,25)/p-1/b20-13+. The van der Waals surface area contributed by atoms with Gasteiger partial charge in [-0.25, -0.2) is 13.8 Å². The highest BCUT2D eigenvalue weighted by atomic mass is 32.2. The maximum atomic E-state index is 12.6. The molecule has 1 heterocycles. The second-order valence-corrected chi connectivity index (χ2v) is 8.61. The van der Waals surface area contributed by atoms with Crippen LogP contribution >= 0.6 is 0 Å². The van der Waals surface area contributed by atoms with E-state index in [0.717, 1.165) is 43.7 Å². The van der Waals surface area contributed by atoms with E-state index in [-0.39, 0.29) is 21.7 Å². The molecule has 2 aromatic rings. The molecule has 11 heteroatoms. The molecule has 0 unspecified atom stereocenters. The van der Waals surface area contributed by atoms with Gasteiger partial charge in [0.1, 0.15) is 0 Å². The van der Waals surface area contributed by atoms with E-state index in [1.807, 2.05) is 0 Å². The zero-order valence-electron chi connectivity index (χ0n) is 15.9. The highest BCUT2D eigenvalue weighted by molar-refractivity contribution is 7.89. The molecule has 30 heavy (non-hydrogen) atoms. The second kappa shape index (κ2) is 9.01. The summed E-state index contributed by atoms with van der Waals surface area (Å²) in [6.07, 6.45) is 3.68. The molecule has 1 aliphatic heterocycles. The van der Waals surface area contributed by atoms with E-state index in [2.05, 4.69) is 10.5 Å². The largest absolute Gasteiger partial charge is 0.872 e. The molecule has 1 aliphatic rings. The van der Waals surface area contributed by atoms with E-state index in [1.54, 1.807) is 0 Å². The zero-order valence-corrected chi connectivity index (χ0v) is 16.7. The summed E-state index contributed by atoms with van der Waals surface area (Å²) in [6, 6.07) is 8.64. The van der Waals surface area contributed by atoms with Crippen LogP contribution in [-0.2, 0) is 10.0 Å². The topological polar surface area (TPSA) is 145 Å². The van der Waals surface area contributed by atoms with Crippen LogP contribution in [0.2, 0.25) is 0 Å². The number of nitro groups is 1. The summed E-state index contributed by atoms with van der Waals surface area (Å²) >= 11 is 0. The minimum atomic E-state index is -3.59. The van der Waals surface area contributed by atoms with E-state index >= 15 is 0 Å². The number of sulfonamides is 1. The van der Waals surface area contributed by atoms with Crippen molar-refractivity contribution in [2.24, 2.45) is 5.10 Å². The van der Waals surface area contributed by atoms with E-state index < -0.39 is 26.6 Å². The number of nitrogens with one attached hydrogen (secondary N) is 1. The maximum Gasteiger partial charge on any atom is 0.271 e. The van der Waals surface area contributed by atoms with Crippen LogP contribution in [0.1, 0.15) is 35.2 Å². The van der Waals surface area contributed by atoms with Crippen LogP contribution in [0.15, 0.2) is 52.5 Å². The zero-order chi connectivity index (χ0) is 21.7. The normalized spacial score (nSPS) is 15.2. The van der Waals surface area contributed by atoms with Crippen molar-refractivity contribution in [2.75, 3.05) is 13.1 Å². The summed E-state index contributed by atoms with van der Waals surface area (Å²) in [5.74, 6) is -1.10. The third-order valence-corrected chi connectivity index (χ3v) is 6.56. The van der Waals surface area contributed by atoms with Gasteiger partial charge in [0.25, 0.3) is 11.6 Å². The number of carbonyl (C=O) groups excluding carboxylic acids is 1. The number of nitro benzene ring substituents is 1. The van der Waals surface area contributed by atoms with Crippen molar-refractivity contribution in [1.82, 2.24) is 9.73 Å². The van der Waals surface area contributed by atoms with Gasteiger partial charge in [-0.15, -0.1) is 0 Å². The van der Waals surface area contributed by atoms with Gasteiger partial charge in [-0.05, 0) is 42.7 Å². The Morgan fingerprint density at radius 2 is 1.77 bits per heavy atom. The van der Waals surface area contributed by atoms with Crippen LogP contribution < -0.4 is 10.5 Å². The summed E-state index contributed by atoms with van der Waals surface area (Å²) in [5, 5.41) is 26.1. The second-order valence-electron chi connectivity index (χ2n) is 6.67. The minimum absolute atomic E-state index is 0.0486. The molecule has 2 aromatic carbocycles. The monoisotopic (exact) mass is 431 g/mol. The first-order valence-corrected chi connectivity index (χ1v) is 10.6. The fourth-order valence-corrected chi connectivity index (χ4v) is 4.52. The Kier molecular flexibility index (Phi) is 6.43. The molecule has 1 amide bonds. The van der Waals surface area contributed by atoms with Crippen LogP contribution in [0.5, 0.6) is 5.75 Å². The Balaban J connectivity index is 1.67. The first kappa shape index (κ1) is 21.4. The van der Waals surface area contributed by atoms with Gasteiger partial charge in [-0.3, -0.25) is 14.9 Å². The Bertz CT molecular complexity index is 1080. The molecule has 1 saturated heterocycles. The van der Waals surface area contributed by atoms with E-state index in [9.17, 15) is 28.4 Å². The molecule has 1 fully saturated rings. The van der Waals surface area contributed by atoms with Gasteiger partial charge in [0, 0.05) is 30.8 Å². The number of non-ortho nitro benzene ring substituents is 1. The van der Waals surface area contributed by atoms with E-state index in [4.69, 9.17) is 0 Å². The molecular weight excluding hydrogens is 412 g/mol. The molecule has 0 aromatic heterocycles. The number of nitrogens with zero attached hydrogens (tertiary/aromatic N) is 3. The van der Waals surface area contributed by atoms with Crippen molar-refractivity contribution in [3.8, 4) is 5.75 Å². The van der Waals surface area contributed by atoms with Gasteiger partial charge >= 0.3 is 0 Å². The van der Waals surface area contributed by atoms with Gasteiger partial charge in [-0.1, -0.05) is 18.2 Å². The lowest BCUT2D eigenvalue weighted by atomic mass is 10.2. The number of hydrogen-bond donors (Lipinski definition) is 1. The van der Waals surface area contributed by atoms with Crippen LogP contribution in [0.25, 0.3) is 0 Å². The first-order valence-electron chi connectivity index (χ1n) is 9.18. The van der Waals surface area contributed by atoms with Crippen LogP contribution in [0.4, 0.5) is 5.69 Å². The molecule has 10 nitrogen and oxygen atoms in total. The van der Waals surface area contributed by atoms with Crippen molar-refractivity contribution in [3.63, 3.8) is 0 Å². The van der Waals surface area contributed by atoms with E-state index in [0.29, 0.717) is 13.1 Å². The summed E-state index contributed by atoms with van der Waals surface area (Å²) < 4.78 is 26.7. The quantitative estimate of drug-likeness (QED) is 0.418. The predicted octanol–water partition coefficient (Wildman–Crippen LogP) is 1.61. The van der Waals surface area contributed by atoms with Gasteiger partial charge in [-0.2, -0.15) is 9.41 Å². The third-order valence-electron chi connectivity index (χ3n) is 4.64. The van der Waals surface area contributed by atoms with Crippen molar-refractivity contribution in [2.45, 2.75) is 24.2 Å².